The number of fused-ring (bicyclic) bond motifs is 1. The van der Waals surface area contributed by atoms with Gasteiger partial charge in [0.2, 0.25) is 0 Å². The Morgan fingerprint density at radius 3 is 2.58 bits per heavy atom. The van der Waals surface area contributed by atoms with E-state index in [2.05, 4.69) is 15.0 Å². The maximum Gasteiger partial charge on any atom is 0.416 e. The van der Waals surface area contributed by atoms with Crippen LogP contribution in [0.4, 0.5) is 24.5 Å². The highest BCUT2D eigenvalue weighted by atomic mass is 19.4. The average Bonchev–Trinajstić information content (AvgIpc) is 2.60. The molecule has 0 aliphatic carbocycles. The van der Waals surface area contributed by atoms with Crippen LogP contribution in [0.1, 0.15) is 24.6 Å². The molecule has 0 unspecified atom stereocenters. The van der Waals surface area contributed by atoms with E-state index in [9.17, 15) is 13.2 Å². The van der Waals surface area contributed by atoms with Crippen molar-refractivity contribution in [3.05, 3.63) is 59.9 Å². The van der Waals surface area contributed by atoms with Crippen LogP contribution >= 0.6 is 0 Å². The van der Waals surface area contributed by atoms with Gasteiger partial charge < -0.3 is 5.73 Å². The lowest BCUT2D eigenvalue weighted by atomic mass is 10.1. The number of halogens is 3. The first-order valence-corrected chi connectivity index (χ1v) is 8.04. The highest BCUT2D eigenvalue weighted by molar-refractivity contribution is 5.86. The number of nitrogen functional groups attached to an aromatic ring is 1. The Kier molecular flexibility index (Phi) is 4.88. The first-order chi connectivity index (χ1) is 12.3. The fourth-order valence-corrected chi connectivity index (χ4v) is 2.50. The number of aromatic nitrogens is 2. The summed E-state index contributed by atoms with van der Waals surface area (Å²) in [6.45, 7) is 1.76. The summed E-state index contributed by atoms with van der Waals surface area (Å²) in [5, 5.41) is 0. The van der Waals surface area contributed by atoms with Crippen LogP contribution in [0.5, 0.6) is 0 Å². The van der Waals surface area contributed by atoms with Gasteiger partial charge in [0, 0.05) is 11.9 Å². The molecule has 0 bridgehead atoms. The molecular weight excluding hydrogens is 341 g/mol. The summed E-state index contributed by atoms with van der Waals surface area (Å²) in [6.07, 6.45) is -1.59. The summed E-state index contributed by atoms with van der Waals surface area (Å²) in [5.74, 6) is 0. The summed E-state index contributed by atoms with van der Waals surface area (Å²) in [4.78, 5) is 13.1. The van der Waals surface area contributed by atoms with Crippen molar-refractivity contribution < 1.29 is 13.2 Å². The number of benzene rings is 2. The van der Waals surface area contributed by atoms with Crippen LogP contribution < -0.4 is 5.73 Å². The molecule has 0 atom stereocenters. The minimum atomic E-state index is -4.42. The minimum absolute atomic E-state index is 0.127. The molecule has 0 spiro atoms. The van der Waals surface area contributed by atoms with Gasteiger partial charge in [-0.2, -0.15) is 13.2 Å². The van der Waals surface area contributed by atoms with Crippen molar-refractivity contribution in [1.82, 2.24) is 9.97 Å². The van der Waals surface area contributed by atoms with E-state index in [1.165, 1.54) is 6.07 Å². The maximum atomic E-state index is 12.8. The molecule has 0 amide bonds. The molecule has 0 saturated heterocycles. The second-order valence-electron chi connectivity index (χ2n) is 5.97. The van der Waals surface area contributed by atoms with Crippen molar-refractivity contribution in [3.63, 3.8) is 0 Å². The lowest BCUT2D eigenvalue weighted by molar-refractivity contribution is -0.137. The van der Waals surface area contributed by atoms with Gasteiger partial charge in [-0.25, -0.2) is 4.98 Å². The molecule has 26 heavy (non-hydrogen) atoms. The molecule has 1 aromatic heterocycles. The molecular formula is C19H17F3N4. The average molecular weight is 358 g/mol. The van der Waals surface area contributed by atoms with Gasteiger partial charge in [0.05, 0.1) is 33.7 Å². The van der Waals surface area contributed by atoms with Crippen LogP contribution in [0.25, 0.3) is 11.0 Å². The zero-order valence-electron chi connectivity index (χ0n) is 14.1. The third-order valence-electron chi connectivity index (χ3n) is 3.91. The number of para-hydroxylation sites is 2. The number of nitrogens with zero attached hydrogens (tertiary/aromatic N) is 3. The number of aliphatic imine (C=N–C) groups is 1. The molecule has 0 fully saturated rings. The van der Waals surface area contributed by atoms with Crippen LogP contribution in [-0.2, 0) is 12.6 Å². The van der Waals surface area contributed by atoms with Crippen molar-refractivity contribution in [3.8, 4) is 0 Å². The van der Waals surface area contributed by atoms with E-state index in [0.717, 1.165) is 28.9 Å². The molecule has 7 heteroatoms. The molecule has 3 rings (SSSR count). The van der Waals surface area contributed by atoms with Crippen molar-refractivity contribution in [2.24, 2.45) is 4.99 Å². The zero-order chi connectivity index (χ0) is 18.7. The molecule has 2 aromatic carbocycles. The van der Waals surface area contributed by atoms with Gasteiger partial charge in [-0.05, 0) is 50.1 Å². The molecule has 0 aliphatic rings. The molecule has 1 heterocycles. The van der Waals surface area contributed by atoms with E-state index in [0.29, 0.717) is 18.6 Å². The molecule has 3 aromatic rings. The minimum Gasteiger partial charge on any atom is -0.397 e. The predicted octanol–water partition coefficient (Wildman–Crippen LogP) is 4.96. The topological polar surface area (TPSA) is 64.2 Å². The summed E-state index contributed by atoms with van der Waals surface area (Å²) < 4.78 is 38.5. The van der Waals surface area contributed by atoms with Gasteiger partial charge in [0.1, 0.15) is 0 Å². The summed E-state index contributed by atoms with van der Waals surface area (Å²) >= 11 is 0. The van der Waals surface area contributed by atoms with Crippen molar-refractivity contribution in [2.45, 2.75) is 25.9 Å². The van der Waals surface area contributed by atoms with Gasteiger partial charge in [0.25, 0.3) is 0 Å². The first kappa shape index (κ1) is 17.8. The van der Waals surface area contributed by atoms with E-state index in [-0.39, 0.29) is 11.4 Å². The molecule has 0 radical (unpaired) electrons. The SMILES string of the molecule is CC(CCc1cnc2ccccc2n1)=Nc1cc(C(F)(F)F)ccc1N. The number of hydrogen-bond acceptors (Lipinski definition) is 4. The molecule has 2 N–H and O–H groups in total. The Bertz CT molecular complexity index is 964. The molecule has 0 saturated carbocycles. The van der Waals surface area contributed by atoms with Crippen LogP contribution in [0.2, 0.25) is 0 Å². The normalized spacial score (nSPS) is 12.5. The van der Waals surface area contributed by atoms with Crippen molar-refractivity contribution in [1.29, 1.82) is 0 Å². The largest absolute Gasteiger partial charge is 0.416 e. The summed E-state index contributed by atoms with van der Waals surface area (Å²) in [5.41, 5.74) is 8.42. The number of nitrogens with two attached hydrogens (primary N) is 1. The Labute approximate surface area is 148 Å². The van der Waals surface area contributed by atoms with E-state index < -0.39 is 11.7 Å². The third-order valence-corrected chi connectivity index (χ3v) is 3.91. The number of aryl methyl sites for hydroxylation is 1. The fraction of sp³-hybridized carbons (Fsp3) is 0.211. The van der Waals surface area contributed by atoms with E-state index in [1.807, 2.05) is 24.3 Å². The van der Waals surface area contributed by atoms with Crippen molar-refractivity contribution >= 4 is 28.1 Å². The summed E-state index contributed by atoms with van der Waals surface area (Å²) in [6, 6.07) is 10.7. The van der Waals surface area contributed by atoms with Gasteiger partial charge in [-0.3, -0.25) is 9.98 Å². The van der Waals surface area contributed by atoms with Gasteiger partial charge >= 0.3 is 6.18 Å². The quantitative estimate of drug-likeness (QED) is 0.530. The third kappa shape index (κ3) is 4.17. The highest BCUT2D eigenvalue weighted by Crippen LogP contribution is 2.34. The molecule has 4 nitrogen and oxygen atoms in total. The van der Waals surface area contributed by atoms with E-state index in [1.54, 1.807) is 13.1 Å². The first-order valence-electron chi connectivity index (χ1n) is 8.04. The fourth-order valence-electron chi connectivity index (χ4n) is 2.50. The Hall–Kier alpha value is -2.96. The maximum absolute atomic E-state index is 12.8. The monoisotopic (exact) mass is 358 g/mol. The lowest BCUT2D eigenvalue weighted by Crippen LogP contribution is -2.05. The smallest absolute Gasteiger partial charge is 0.397 e. The molecule has 0 aliphatic heterocycles. The van der Waals surface area contributed by atoms with Crippen LogP contribution in [0.3, 0.4) is 0 Å². The second-order valence-corrected chi connectivity index (χ2v) is 5.97. The zero-order valence-corrected chi connectivity index (χ0v) is 14.1. The van der Waals surface area contributed by atoms with Gasteiger partial charge in [-0.15, -0.1) is 0 Å². The predicted molar refractivity (Wildman–Crippen MR) is 96.5 cm³/mol. The van der Waals surface area contributed by atoms with E-state index in [4.69, 9.17) is 5.73 Å². The number of rotatable bonds is 4. The summed E-state index contributed by atoms with van der Waals surface area (Å²) in [7, 11) is 0. The Morgan fingerprint density at radius 1 is 1.12 bits per heavy atom. The molecule has 134 valence electrons. The standard InChI is InChI=1S/C19H17F3N4/c1-12(25-18-10-13(19(20,21)22)7-9-15(18)23)6-8-14-11-24-16-4-2-3-5-17(16)26-14/h2-5,7,9-11H,6,8,23H2,1H3. The Morgan fingerprint density at radius 2 is 1.85 bits per heavy atom. The van der Waals surface area contributed by atoms with E-state index >= 15 is 0 Å². The highest BCUT2D eigenvalue weighted by Gasteiger charge is 2.30. The second kappa shape index (κ2) is 7.11. The van der Waals surface area contributed by atoms with Crippen LogP contribution in [0.15, 0.2) is 53.7 Å². The lowest BCUT2D eigenvalue weighted by Gasteiger charge is -2.09. The van der Waals surface area contributed by atoms with Gasteiger partial charge in [0.15, 0.2) is 0 Å². The van der Waals surface area contributed by atoms with Crippen LogP contribution in [0, 0.1) is 0 Å². The van der Waals surface area contributed by atoms with Crippen molar-refractivity contribution in [2.75, 3.05) is 5.73 Å². The number of anilines is 1. The van der Waals surface area contributed by atoms with Gasteiger partial charge in [-0.1, -0.05) is 12.1 Å². The Balaban J connectivity index is 1.75. The van der Waals surface area contributed by atoms with Crippen LogP contribution in [-0.4, -0.2) is 15.7 Å². The number of alkyl halides is 3. The number of hydrogen-bond donors (Lipinski definition) is 1.